The number of rotatable bonds is 3. The molecule has 6 heteroatoms. The van der Waals surface area contributed by atoms with Gasteiger partial charge in [0, 0.05) is 23.7 Å². The average Bonchev–Trinajstić information content (AvgIpc) is 2.49. The summed E-state index contributed by atoms with van der Waals surface area (Å²) in [6, 6.07) is 4.70. The first-order valence-corrected chi connectivity index (χ1v) is 8.25. The SMILES string of the molecule is O=C(CC1CNCCO1)NC1CCSc2ccc(F)cc21. The maximum absolute atomic E-state index is 13.4. The van der Waals surface area contributed by atoms with E-state index in [2.05, 4.69) is 10.6 Å². The van der Waals surface area contributed by atoms with Crippen LogP contribution < -0.4 is 10.6 Å². The number of morpholine rings is 1. The van der Waals surface area contributed by atoms with E-state index in [4.69, 9.17) is 4.74 Å². The van der Waals surface area contributed by atoms with Gasteiger partial charge >= 0.3 is 0 Å². The molecule has 3 rings (SSSR count). The van der Waals surface area contributed by atoms with Crippen molar-refractivity contribution in [2.45, 2.75) is 29.9 Å². The van der Waals surface area contributed by atoms with Crippen LogP contribution in [0.5, 0.6) is 0 Å². The largest absolute Gasteiger partial charge is 0.375 e. The van der Waals surface area contributed by atoms with Gasteiger partial charge < -0.3 is 15.4 Å². The van der Waals surface area contributed by atoms with Crippen molar-refractivity contribution < 1.29 is 13.9 Å². The predicted molar refractivity (Wildman–Crippen MR) is 79.9 cm³/mol. The van der Waals surface area contributed by atoms with Crippen LogP contribution in [0.2, 0.25) is 0 Å². The van der Waals surface area contributed by atoms with Crippen molar-refractivity contribution >= 4 is 17.7 Å². The summed E-state index contributed by atoms with van der Waals surface area (Å²) in [5.41, 5.74) is 0.891. The first-order chi connectivity index (χ1) is 10.2. The van der Waals surface area contributed by atoms with E-state index in [1.165, 1.54) is 12.1 Å². The van der Waals surface area contributed by atoms with Crippen molar-refractivity contribution in [1.82, 2.24) is 10.6 Å². The molecule has 0 bridgehead atoms. The summed E-state index contributed by atoms with van der Waals surface area (Å²) >= 11 is 1.71. The highest BCUT2D eigenvalue weighted by Gasteiger charge is 2.24. The molecule has 0 spiro atoms. The Hall–Kier alpha value is -1.11. The van der Waals surface area contributed by atoms with Gasteiger partial charge in [-0.05, 0) is 30.2 Å². The number of hydrogen-bond donors (Lipinski definition) is 2. The molecule has 21 heavy (non-hydrogen) atoms. The number of fused-ring (bicyclic) bond motifs is 1. The number of amides is 1. The second-order valence-corrected chi connectivity index (χ2v) is 6.48. The van der Waals surface area contributed by atoms with Crippen molar-refractivity contribution in [3.8, 4) is 0 Å². The average molecular weight is 310 g/mol. The number of carbonyl (C=O) groups is 1. The van der Waals surface area contributed by atoms with Gasteiger partial charge in [-0.3, -0.25) is 4.79 Å². The van der Waals surface area contributed by atoms with E-state index >= 15 is 0 Å². The van der Waals surface area contributed by atoms with Crippen LogP contribution in [0, 0.1) is 5.82 Å². The van der Waals surface area contributed by atoms with Gasteiger partial charge in [0.1, 0.15) is 5.82 Å². The van der Waals surface area contributed by atoms with Gasteiger partial charge in [-0.15, -0.1) is 11.8 Å². The van der Waals surface area contributed by atoms with Crippen molar-refractivity contribution in [3.63, 3.8) is 0 Å². The Balaban J connectivity index is 1.63. The van der Waals surface area contributed by atoms with Gasteiger partial charge in [0.2, 0.25) is 5.91 Å². The summed E-state index contributed by atoms with van der Waals surface area (Å²) in [5.74, 6) is 0.650. The maximum Gasteiger partial charge on any atom is 0.223 e. The molecule has 2 N–H and O–H groups in total. The predicted octanol–water partition coefficient (Wildman–Crippen LogP) is 1.86. The van der Waals surface area contributed by atoms with E-state index in [-0.39, 0.29) is 23.9 Å². The highest BCUT2D eigenvalue weighted by atomic mass is 32.2. The van der Waals surface area contributed by atoms with Crippen LogP contribution in [0.15, 0.2) is 23.1 Å². The van der Waals surface area contributed by atoms with Crippen LogP contribution in [-0.2, 0) is 9.53 Å². The first kappa shape index (κ1) is 14.8. The maximum atomic E-state index is 13.4. The zero-order valence-electron chi connectivity index (χ0n) is 11.7. The highest BCUT2D eigenvalue weighted by Crippen LogP contribution is 2.36. The van der Waals surface area contributed by atoms with Crippen molar-refractivity contribution in [3.05, 3.63) is 29.6 Å². The highest BCUT2D eigenvalue weighted by molar-refractivity contribution is 7.99. The summed E-state index contributed by atoms with van der Waals surface area (Å²) in [4.78, 5) is 13.2. The van der Waals surface area contributed by atoms with Gasteiger partial charge in [-0.2, -0.15) is 0 Å². The summed E-state index contributed by atoms with van der Waals surface area (Å²) in [6.45, 7) is 2.19. The zero-order chi connectivity index (χ0) is 14.7. The third-order valence-electron chi connectivity index (χ3n) is 3.76. The second kappa shape index (κ2) is 6.77. The molecule has 1 amide bonds. The molecule has 2 aliphatic heterocycles. The number of thioether (sulfide) groups is 1. The van der Waals surface area contributed by atoms with Crippen molar-refractivity contribution in [2.75, 3.05) is 25.4 Å². The van der Waals surface area contributed by atoms with Crippen LogP contribution >= 0.6 is 11.8 Å². The molecule has 2 heterocycles. The quantitative estimate of drug-likeness (QED) is 0.895. The minimum Gasteiger partial charge on any atom is -0.375 e. The zero-order valence-corrected chi connectivity index (χ0v) is 12.5. The van der Waals surface area contributed by atoms with Crippen LogP contribution in [0.25, 0.3) is 0 Å². The molecular weight excluding hydrogens is 291 g/mol. The van der Waals surface area contributed by atoms with Crippen LogP contribution in [0.1, 0.15) is 24.4 Å². The lowest BCUT2D eigenvalue weighted by molar-refractivity contribution is -0.125. The number of hydrogen-bond acceptors (Lipinski definition) is 4. The fraction of sp³-hybridized carbons (Fsp3) is 0.533. The molecule has 0 aliphatic carbocycles. The van der Waals surface area contributed by atoms with E-state index in [9.17, 15) is 9.18 Å². The van der Waals surface area contributed by atoms with Crippen LogP contribution in [0.3, 0.4) is 0 Å². The smallest absolute Gasteiger partial charge is 0.223 e. The molecule has 1 aromatic rings. The molecule has 0 radical (unpaired) electrons. The molecular formula is C15H19FN2O2S. The van der Waals surface area contributed by atoms with E-state index in [1.54, 1.807) is 17.8 Å². The fourth-order valence-corrected chi connectivity index (χ4v) is 3.83. The Kier molecular flexibility index (Phi) is 4.77. The minimum absolute atomic E-state index is 0.0317. The van der Waals surface area contributed by atoms with E-state index in [0.29, 0.717) is 19.6 Å². The van der Waals surface area contributed by atoms with E-state index < -0.39 is 0 Å². The molecule has 114 valence electrons. The molecule has 1 aromatic carbocycles. The molecule has 2 aliphatic rings. The van der Waals surface area contributed by atoms with Crippen molar-refractivity contribution in [2.24, 2.45) is 0 Å². The molecule has 2 atom stereocenters. The first-order valence-electron chi connectivity index (χ1n) is 7.26. The molecule has 4 nitrogen and oxygen atoms in total. The standard InChI is InChI=1S/C15H19FN2O2S/c16-10-1-2-14-12(7-10)13(3-6-21-14)18-15(19)8-11-9-17-4-5-20-11/h1-2,7,11,13,17H,3-6,8-9H2,(H,18,19). The Labute approximate surface area is 127 Å². The number of nitrogens with one attached hydrogen (secondary N) is 2. The Morgan fingerprint density at radius 1 is 1.52 bits per heavy atom. The van der Waals surface area contributed by atoms with Crippen LogP contribution in [-0.4, -0.2) is 37.5 Å². The lowest BCUT2D eigenvalue weighted by Gasteiger charge is -2.28. The second-order valence-electron chi connectivity index (χ2n) is 5.34. The van der Waals surface area contributed by atoms with Gasteiger partial charge in [0.25, 0.3) is 0 Å². The van der Waals surface area contributed by atoms with Crippen molar-refractivity contribution in [1.29, 1.82) is 0 Å². The molecule has 0 aromatic heterocycles. The number of ether oxygens (including phenoxy) is 1. The normalized spacial score (nSPS) is 25.2. The molecule has 1 fully saturated rings. The summed E-state index contributed by atoms with van der Waals surface area (Å²) in [6.07, 6.45) is 1.11. The number of halogens is 1. The Bertz CT molecular complexity index is 520. The molecule has 0 saturated carbocycles. The number of benzene rings is 1. The Morgan fingerprint density at radius 2 is 2.43 bits per heavy atom. The van der Waals surface area contributed by atoms with Crippen LogP contribution in [0.4, 0.5) is 4.39 Å². The third kappa shape index (κ3) is 3.75. The summed E-state index contributed by atoms with van der Waals surface area (Å²) in [5, 5.41) is 6.23. The van der Waals surface area contributed by atoms with Gasteiger partial charge in [0.05, 0.1) is 25.2 Å². The van der Waals surface area contributed by atoms with E-state index in [0.717, 1.165) is 29.2 Å². The topological polar surface area (TPSA) is 50.4 Å². The van der Waals surface area contributed by atoms with E-state index in [1.807, 2.05) is 0 Å². The van der Waals surface area contributed by atoms with Gasteiger partial charge in [0.15, 0.2) is 0 Å². The molecule has 1 saturated heterocycles. The molecule has 2 unspecified atom stereocenters. The minimum atomic E-state index is -0.254. The lowest BCUT2D eigenvalue weighted by Crippen LogP contribution is -2.42. The third-order valence-corrected chi connectivity index (χ3v) is 4.89. The number of carbonyl (C=O) groups excluding carboxylic acids is 1. The monoisotopic (exact) mass is 310 g/mol. The summed E-state index contributed by atoms with van der Waals surface area (Å²) in [7, 11) is 0. The van der Waals surface area contributed by atoms with Gasteiger partial charge in [-0.1, -0.05) is 0 Å². The summed E-state index contributed by atoms with van der Waals surface area (Å²) < 4.78 is 19.0. The lowest BCUT2D eigenvalue weighted by atomic mass is 10.0. The van der Waals surface area contributed by atoms with Gasteiger partial charge in [-0.25, -0.2) is 4.39 Å². The Morgan fingerprint density at radius 3 is 3.24 bits per heavy atom. The fourth-order valence-electron chi connectivity index (χ4n) is 2.73.